The molecule has 3 rings (SSSR count). The number of morpholine rings is 1. The van der Waals surface area contributed by atoms with Crippen LogP contribution in [0.25, 0.3) is 0 Å². The van der Waals surface area contributed by atoms with Gasteiger partial charge in [0.15, 0.2) is 5.82 Å². The van der Waals surface area contributed by atoms with Crippen LogP contribution in [-0.4, -0.2) is 49.4 Å². The first-order chi connectivity index (χ1) is 8.81. The zero-order chi connectivity index (χ0) is 12.4. The average molecular weight is 266 g/mol. The molecule has 3 heterocycles. The van der Waals surface area contributed by atoms with Crippen molar-refractivity contribution in [3.63, 3.8) is 0 Å². The minimum absolute atomic E-state index is 0.0599. The van der Waals surface area contributed by atoms with Crippen molar-refractivity contribution in [3.8, 4) is 0 Å². The van der Waals surface area contributed by atoms with Gasteiger partial charge in [0, 0.05) is 25.0 Å². The first-order valence-electron chi connectivity index (χ1n) is 5.80. The van der Waals surface area contributed by atoms with Gasteiger partial charge in [0.2, 0.25) is 0 Å². The minimum Gasteiger partial charge on any atom is -0.367 e. The molecule has 0 bridgehead atoms. The van der Waals surface area contributed by atoms with Crippen molar-refractivity contribution in [1.82, 2.24) is 29.7 Å². The van der Waals surface area contributed by atoms with E-state index in [9.17, 15) is 0 Å². The topological polar surface area (TPSA) is 79.8 Å². The molecule has 0 amide bonds. The van der Waals surface area contributed by atoms with E-state index in [2.05, 4.69) is 29.7 Å². The third-order valence-corrected chi connectivity index (χ3v) is 3.40. The van der Waals surface area contributed by atoms with E-state index in [-0.39, 0.29) is 6.10 Å². The van der Waals surface area contributed by atoms with Crippen LogP contribution in [-0.2, 0) is 11.3 Å². The summed E-state index contributed by atoms with van der Waals surface area (Å²) < 4.78 is 9.58. The van der Waals surface area contributed by atoms with E-state index in [4.69, 9.17) is 4.74 Å². The van der Waals surface area contributed by atoms with Crippen molar-refractivity contribution in [2.24, 2.45) is 0 Å². The quantitative estimate of drug-likeness (QED) is 0.873. The highest BCUT2D eigenvalue weighted by Gasteiger charge is 2.25. The SMILES string of the molecule is Cc1nc(C2CN(Cc3csnn3)CCO2)n[nH]1. The predicted molar refractivity (Wildman–Crippen MR) is 65.0 cm³/mol. The Kier molecular flexibility index (Phi) is 3.31. The zero-order valence-corrected chi connectivity index (χ0v) is 10.9. The number of aromatic nitrogens is 5. The summed E-state index contributed by atoms with van der Waals surface area (Å²) in [5, 5.41) is 13.0. The van der Waals surface area contributed by atoms with Gasteiger partial charge in [-0.05, 0) is 18.5 Å². The lowest BCUT2D eigenvalue weighted by Gasteiger charge is -2.30. The third-order valence-electron chi connectivity index (χ3n) is 2.84. The van der Waals surface area contributed by atoms with Gasteiger partial charge in [-0.15, -0.1) is 5.10 Å². The molecule has 96 valence electrons. The van der Waals surface area contributed by atoms with Gasteiger partial charge in [0.05, 0.1) is 12.3 Å². The van der Waals surface area contributed by atoms with Crippen LogP contribution in [0.1, 0.15) is 23.4 Å². The van der Waals surface area contributed by atoms with Crippen LogP contribution in [0, 0.1) is 6.92 Å². The maximum atomic E-state index is 5.71. The zero-order valence-electron chi connectivity index (χ0n) is 10.0. The summed E-state index contributed by atoms with van der Waals surface area (Å²) >= 11 is 1.38. The van der Waals surface area contributed by atoms with Gasteiger partial charge in [0.25, 0.3) is 0 Å². The molecule has 18 heavy (non-hydrogen) atoms. The lowest BCUT2D eigenvalue weighted by atomic mass is 10.2. The van der Waals surface area contributed by atoms with Crippen LogP contribution in [0.2, 0.25) is 0 Å². The Morgan fingerprint density at radius 2 is 2.56 bits per heavy atom. The highest BCUT2D eigenvalue weighted by molar-refractivity contribution is 7.03. The van der Waals surface area contributed by atoms with Gasteiger partial charge in [-0.1, -0.05) is 4.49 Å². The predicted octanol–water partition coefficient (Wildman–Crippen LogP) is 0.538. The monoisotopic (exact) mass is 266 g/mol. The van der Waals surface area contributed by atoms with Gasteiger partial charge in [-0.25, -0.2) is 4.98 Å². The molecule has 1 atom stereocenters. The second kappa shape index (κ2) is 5.09. The van der Waals surface area contributed by atoms with E-state index in [0.717, 1.165) is 37.0 Å². The van der Waals surface area contributed by atoms with Gasteiger partial charge >= 0.3 is 0 Å². The maximum Gasteiger partial charge on any atom is 0.180 e. The first kappa shape index (κ1) is 11.7. The van der Waals surface area contributed by atoms with Crippen LogP contribution < -0.4 is 0 Å². The number of ether oxygens (including phenoxy) is 1. The highest BCUT2D eigenvalue weighted by Crippen LogP contribution is 2.20. The Morgan fingerprint density at radius 1 is 1.61 bits per heavy atom. The lowest BCUT2D eigenvalue weighted by Crippen LogP contribution is -2.38. The van der Waals surface area contributed by atoms with Crippen molar-refractivity contribution in [2.75, 3.05) is 19.7 Å². The van der Waals surface area contributed by atoms with Gasteiger partial charge in [-0.3, -0.25) is 10.00 Å². The number of aryl methyl sites for hydroxylation is 1. The molecule has 0 spiro atoms. The molecule has 0 aromatic carbocycles. The molecule has 1 saturated heterocycles. The largest absolute Gasteiger partial charge is 0.367 e. The van der Waals surface area contributed by atoms with E-state index in [1.165, 1.54) is 11.5 Å². The fourth-order valence-electron chi connectivity index (χ4n) is 1.99. The van der Waals surface area contributed by atoms with Gasteiger partial charge in [-0.2, -0.15) is 5.10 Å². The van der Waals surface area contributed by atoms with Crippen LogP contribution in [0.5, 0.6) is 0 Å². The maximum absolute atomic E-state index is 5.71. The Labute approximate surface area is 108 Å². The summed E-state index contributed by atoms with van der Waals surface area (Å²) in [7, 11) is 0. The van der Waals surface area contributed by atoms with Crippen LogP contribution in [0.4, 0.5) is 0 Å². The van der Waals surface area contributed by atoms with E-state index in [1.807, 2.05) is 12.3 Å². The number of nitrogens with one attached hydrogen (secondary N) is 1. The fraction of sp³-hybridized carbons (Fsp3) is 0.600. The smallest absolute Gasteiger partial charge is 0.180 e. The number of H-pyrrole nitrogens is 1. The average Bonchev–Trinajstić information content (AvgIpc) is 3.01. The van der Waals surface area contributed by atoms with Crippen LogP contribution in [0.15, 0.2) is 5.38 Å². The molecule has 8 heteroatoms. The number of hydrogen-bond donors (Lipinski definition) is 1. The van der Waals surface area contributed by atoms with Gasteiger partial charge < -0.3 is 4.74 Å². The number of aromatic amines is 1. The molecule has 1 N–H and O–H groups in total. The number of hydrogen-bond acceptors (Lipinski definition) is 7. The Balaban J connectivity index is 1.65. The van der Waals surface area contributed by atoms with E-state index >= 15 is 0 Å². The third kappa shape index (κ3) is 2.55. The molecule has 1 fully saturated rings. The summed E-state index contributed by atoms with van der Waals surface area (Å²) in [6.45, 7) is 5.07. The van der Waals surface area contributed by atoms with Crippen molar-refractivity contribution < 1.29 is 4.74 Å². The van der Waals surface area contributed by atoms with Crippen LogP contribution >= 0.6 is 11.5 Å². The van der Waals surface area contributed by atoms with Crippen molar-refractivity contribution in [2.45, 2.75) is 19.6 Å². The molecule has 0 radical (unpaired) electrons. The molecular weight excluding hydrogens is 252 g/mol. The first-order valence-corrected chi connectivity index (χ1v) is 6.64. The second-order valence-corrected chi connectivity index (χ2v) is 4.88. The Hall–Kier alpha value is -1.38. The molecule has 0 saturated carbocycles. The number of nitrogens with zero attached hydrogens (tertiary/aromatic N) is 5. The van der Waals surface area contributed by atoms with Crippen LogP contribution in [0.3, 0.4) is 0 Å². The fourth-order valence-corrected chi connectivity index (χ4v) is 2.43. The number of rotatable bonds is 3. The molecule has 2 aromatic rings. The summed E-state index contributed by atoms with van der Waals surface area (Å²) in [4.78, 5) is 6.61. The van der Waals surface area contributed by atoms with Crippen molar-refractivity contribution >= 4 is 11.5 Å². The van der Waals surface area contributed by atoms with Crippen molar-refractivity contribution in [1.29, 1.82) is 0 Å². The summed E-state index contributed by atoms with van der Waals surface area (Å²) in [6, 6.07) is 0. The minimum atomic E-state index is -0.0599. The lowest BCUT2D eigenvalue weighted by molar-refractivity contribution is -0.0374. The Morgan fingerprint density at radius 3 is 3.28 bits per heavy atom. The summed E-state index contributed by atoms with van der Waals surface area (Å²) in [5.41, 5.74) is 1.01. The molecular formula is C10H14N6OS. The van der Waals surface area contributed by atoms with E-state index in [1.54, 1.807) is 0 Å². The Bertz CT molecular complexity index is 498. The molecule has 0 aliphatic carbocycles. The van der Waals surface area contributed by atoms with Crippen molar-refractivity contribution in [3.05, 3.63) is 22.7 Å². The van der Waals surface area contributed by atoms with E-state index in [0.29, 0.717) is 6.61 Å². The summed E-state index contributed by atoms with van der Waals surface area (Å²) in [5.74, 6) is 1.54. The second-order valence-electron chi connectivity index (χ2n) is 4.27. The molecule has 7 nitrogen and oxygen atoms in total. The summed E-state index contributed by atoms with van der Waals surface area (Å²) in [6.07, 6.45) is -0.0599. The standard InChI is InChI=1S/C10H14N6OS/c1-7-11-10(14-12-7)9-5-16(2-3-17-9)4-8-6-18-15-13-8/h6,9H,2-5H2,1H3,(H,11,12,14). The van der Waals surface area contributed by atoms with Gasteiger partial charge in [0.1, 0.15) is 11.9 Å². The molecule has 2 aromatic heterocycles. The molecule has 1 aliphatic rings. The normalized spacial score (nSPS) is 21.3. The molecule has 1 aliphatic heterocycles. The highest BCUT2D eigenvalue weighted by atomic mass is 32.1. The van der Waals surface area contributed by atoms with E-state index < -0.39 is 0 Å². The molecule has 1 unspecified atom stereocenters.